The Morgan fingerprint density at radius 3 is 2.51 bits per heavy atom. The van der Waals surface area contributed by atoms with Gasteiger partial charge < -0.3 is 9.88 Å². The first-order valence-corrected chi connectivity index (χ1v) is 11.2. The van der Waals surface area contributed by atoms with Crippen molar-refractivity contribution in [2.75, 3.05) is 0 Å². The molecule has 0 bridgehead atoms. The van der Waals surface area contributed by atoms with Crippen LogP contribution in [0.2, 0.25) is 0 Å². The standard InChI is InChI=1S/C26H21F3N4O2/c1-3-33-24-15(12-30-32-23(24)18-7-4-16(27)11-22(18)29)9-20(26(33)35)19-8-14(10-21(28)13(19)2)25(34)31-17-5-6-17/h4,7-12,17H,3,5-6H2,1-2H3,(H,31,34). The van der Waals surface area contributed by atoms with Gasteiger partial charge in [0.25, 0.3) is 11.5 Å². The van der Waals surface area contributed by atoms with Crippen LogP contribution < -0.4 is 10.9 Å². The molecule has 0 saturated heterocycles. The Hall–Kier alpha value is -4.01. The van der Waals surface area contributed by atoms with Crippen molar-refractivity contribution in [1.29, 1.82) is 0 Å². The fourth-order valence-electron chi connectivity index (χ4n) is 4.19. The maximum atomic E-state index is 14.8. The molecule has 2 aromatic carbocycles. The van der Waals surface area contributed by atoms with Gasteiger partial charge in [0.15, 0.2) is 0 Å². The molecule has 5 rings (SSSR count). The van der Waals surface area contributed by atoms with E-state index < -0.39 is 28.9 Å². The van der Waals surface area contributed by atoms with Crippen LogP contribution in [-0.4, -0.2) is 26.7 Å². The molecule has 1 amide bonds. The van der Waals surface area contributed by atoms with Gasteiger partial charge in [-0.05, 0) is 68.1 Å². The summed E-state index contributed by atoms with van der Waals surface area (Å²) in [5.74, 6) is -2.58. The quantitative estimate of drug-likeness (QED) is 0.449. The lowest BCUT2D eigenvalue weighted by Crippen LogP contribution is -2.26. The molecule has 2 aromatic heterocycles. The molecular weight excluding hydrogens is 457 g/mol. The lowest BCUT2D eigenvalue weighted by atomic mass is 9.96. The van der Waals surface area contributed by atoms with Crippen LogP contribution in [0, 0.1) is 24.4 Å². The molecule has 1 saturated carbocycles. The van der Waals surface area contributed by atoms with Gasteiger partial charge in [-0.1, -0.05) is 0 Å². The van der Waals surface area contributed by atoms with E-state index in [1.807, 2.05) is 0 Å². The molecule has 9 heteroatoms. The largest absolute Gasteiger partial charge is 0.349 e. The van der Waals surface area contributed by atoms with Crippen LogP contribution in [0.3, 0.4) is 0 Å². The number of rotatable bonds is 5. The lowest BCUT2D eigenvalue weighted by molar-refractivity contribution is 0.0950. The summed E-state index contributed by atoms with van der Waals surface area (Å²) < 4.78 is 44.3. The van der Waals surface area contributed by atoms with Gasteiger partial charge in [0.2, 0.25) is 0 Å². The number of carbonyl (C=O) groups excluding carboxylic acids is 1. The first-order valence-electron chi connectivity index (χ1n) is 11.2. The van der Waals surface area contributed by atoms with E-state index in [0.717, 1.165) is 31.0 Å². The Kier molecular flexibility index (Phi) is 5.62. The number of benzene rings is 2. The molecule has 1 N–H and O–H groups in total. The summed E-state index contributed by atoms with van der Waals surface area (Å²) in [6.07, 6.45) is 3.19. The van der Waals surface area contributed by atoms with Gasteiger partial charge in [0, 0.05) is 40.7 Å². The van der Waals surface area contributed by atoms with Crippen LogP contribution in [0.1, 0.15) is 35.7 Å². The molecule has 1 fully saturated rings. The summed E-state index contributed by atoms with van der Waals surface area (Å²) in [7, 11) is 0. The van der Waals surface area contributed by atoms with E-state index >= 15 is 0 Å². The summed E-state index contributed by atoms with van der Waals surface area (Å²) in [5.41, 5.74) is 0.757. The minimum atomic E-state index is -0.835. The van der Waals surface area contributed by atoms with E-state index in [-0.39, 0.29) is 46.1 Å². The number of fused-ring (bicyclic) bond motifs is 1. The van der Waals surface area contributed by atoms with E-state index in [1.54, 1.807) is 6.92 Å². The van der Waals surface area contributed by atoms with Crippen molar-refractivity contribution in [3.05, 3.63) is 81.5 Å². The van der Waals surface area contributed by atoms with Crippen molar-refractivity contribution in [1.82, 2.24) is 20.1 Å². The second-order valence-electron chi connectivity index (χ2n) is 8.61. The molecule has 178 valence electrons. The first kappa shape index (κ1) is 22.8. The third kappa shape index (κ3) is 4.07. The second-order valence-corrected chi connectivity index (χ2v) is 8.61. The molecule has 0 radical (unpaired) electrons. The smallest absolute Gasteiger partial charge is 0.258 e. The van der Waals surface area contributed by atoms with Crippen molar-refractivity contribution in [2.24, 2.45) is 0 Å². The molecule has 0 unspecified atom stereocenters. The van der Waals surface area contributed by atoms with Crippen LogP contribution in [0.4, 0.5) is 13.2 Å². The summed E-state index contributed by atoms with van der Waals surface area (Å²) in [4.78, 5) is 26.2. The zero-order chi connectivity index (χ0) is 24.9. The fraction of sp³-hybridized carbons (Fsp3) is 0.231. The van der Waals surface area contributed by atoms with Gasteiger partial charge in [-0.2, -0.15) is 5.10 Å². The number of nitrogens with zero attached hydrogens (tertiary/aromatic N) is 3. The van der Waals surface area contributed by atoms with E-state index in [2.05, 4.69) is 15.5 Å². The van der Waals surface area contributed by atoms with E-state index in [4.69, 9.17) is 0 Å². The average molecular weight is 478 g/mol. The number of halogens is 3. The number of hydrogen-bond acceptors (Lipinski definition) is 4. The molecule has 0 aliphatic heterocycles. The maximum absolute atomic E-state index is 14.8. The molecular formula is C26H21F3N4O2. The average Bonchev–Trinajstić information content (AvgIpc) is 3.64. The Labute approximate surface area is 198 Å². The molecule has 0 spiro atoms. The Balaban J connectivity index is 1.74. The number of hydrogen-bond donors (Lipinski definition) is 1. The van der Waals surface area contributed by atoms with Crippen LogP contribution in [0.15, 0.2) is 47.4 Å². The van der Waals surface area contributed by atoms with E-state index in [0.29, 0.717) is 10.9 Å². The van der Waals surface area contributed by atoms with Gasteiger partial charge >= 0.3 is 0 Å². The zero-order valence-corrected chi connectivity index (χ0v) is 19.0. The first-order chi connectivity index (χ1) is 16.8. The monoisotopic (exact) mass is 478 g/mol. The Morgan fingerprint density at radius 1 is 1.06 bits per heavy atom. The van der Waals surface area contributed by atoms with Crippen molar-refractivity contribution in [2.45, 2.75) is 39.3 Å². The topological polar surface area (TPSA) is 76.9 Å². The predicted octanol–water partition coefficient (Wildman–Crippen LogP) is 4.76. The summed E-state index contributed by atoms with van der Waals surface area (Å²) in [6, 6.07) is 7.39. The number of carbonyl (C=O) groups is 1. The van der Waals surface area contributed by atoms with Gasteiger partial charge in [0.1, 0.15) is 23.1 Å². The number of nitrogens with one attached hydrogen (secondary N) is 1. The van der Waals surface area contributed by atoms with Crippen LogP contribution in [0.25, 0.3) is 33.3 Å². The summed E-state index contributed by atoms with van der Waals surface area (Å²) in [5, 5.41) is 11.3. The molecule has 2 heterocycles. The second kappa shape index (κ2) is 8.65. The van der Waals surface area contributed by atoms with Crippen LogP contribution >= 0.6 is 0 Å². The highest BCUT2D eigenvalue weighted by Gasteiger charge is 2.25. The van der Waals surface area contributed by atoms with Crippen LogP contribution in [-0.2, 0) is 6.54 Å². The SMILES string of the molecule is CCn1c(=O)c(-c2cc(C(=O)NC3CC3)cc(F)c2C)cc2cnnc(-c3ccc(F)cc3F)c21. The summed E-state index contributed by atoms with van der Waals surface area (Å²) in [6.45, 7) is 3.48. The third-order valence-corrected chi connectivity index (χ3v) is 6.21. The normalized spacial score (nSPS) is 13.3. The molecule has 35 heavy (non-hydrogen) atoms. The Morgan fingerprint density at radius 2 is 1.83 bits per heavy atom. The molecule has 1 aliphatic carbocycles. The maximum Gasteiger partial charge on any atom is 0.258 e. The van der Waals surface area contributed by atoms with Crippen molar-refractivity contribution in [3.63, 3.8) is 0 Å². The zero-order valence-electron chi connectivity index (χ0n) is 19.0. The minimum Gasteiger partial charge on any atom is -0.349 e. The predicted molar refractivity (Wildman–Crippen MR) is 125 cm³/mol. The number of aromatic nitrogens is 3. The van der Waals surface area contributed by atoms with Gasteiger partial charge in [-0.15, -0.1) is 5.10 Å². The lowest BCUT2D eigenvalue weighted by Gasteiger charge is -2.16. The number of amides is 1. The summed E-state index contributed by atoms with van der Waals surface area (Å²) >= 11 is 0. The highest BCUT2D eigenvalue weighted by molar-refractivity contribution is 5.97. The van der Waals surface area contributed by atoms with Gasteiger partial charge in [-0.3, -0.25) is 9.59 Å². The molecule has 1 aliphatic rings. The van der Waals surface area contributed by atoms with Crippen molar-refractivity contribution >= 4 is 16.8 Å². The van der Waals surface area contributed by atoms with Crippen molar-refractivity contribution in [3.8, 4) is 22.4 Å². The molecule has 4 aromatic rings. The highest BCUT2D eigenvalue weighted by atomic mass is 19.1. The van der Waals surface area contributed by atoms with Gasteiger partial charge in [-0.25, -0.2) is 13.2 Å². The van der Waals surface area contributed by atoms with E-state index in [1.165, 1.54) is 35.9 Å². The Bertz CT molecular complexity index is 1560. The molecule has 0 atom stereocenters. The third-order valence-electron chi connectivity index (χ3n) is 6.21. The molecule has 6 nitrogen and oxygen atoms in total. The van der Waals surface area contributed by atoms with E-state index in [9.17, 15) is 22.8 Å². The van der Waals surface area contributed by atoms with Crippen LogP contribution in [0.5, 0.6) is 0 Å². The van der Waals surface area contributed by atoms with Gasteiger partial charge in [0.05, 0.1) is 11.7 Å². The fourth-order valence-corrected chi connectivity index (χ4v) is 4.19. The minimum absolute atomic E-state index is 0.000167. The highest BCUT2D eigenvalue weighted by Crippen LogP contribution is 2.32. The van der Waals surface area contributed by atoms with Crippen molar-refractivity contribution < 1.29 is 18.0 Å². The number of pyridine rings is 1. The number of aryl methyl sites for hydroxylation is 1.